The molecule has 3 rings (SSSR count). The van der Waals surface area contributed by atoms with Crippen LogP contribution in [0.2, 0.25) is 0 Å². The molecule has 2 aromatic rings. The van der Waals surface area contributed by atoms with Crippen molar-refractivity contribution < 1.29 is 19.7 Å². The molecule has 92 valence electrons. The minimum absolute atomic E-state index is 0.353. The Morgan fingerprint density at radius 2 is 2.17 bits per heavy atom. The van der Waals surface area contributed by atoms with Crippen LogP contribution in [-0.4, -0.2) is 33.9 Å². The third kappa shape index (κ3) is 1.56. The standard InChI is InChI=1S/C13H11NO4/c15-6-10(16)12-11-8(13(17)18-12)5-7-3-1-2-4-9(7)14-11/h1-5,10,12,15-16H,6H2. The van der Waals surface area contributed by atoms with Gasteiger partial charge in [-0.15, -0.1) is 0 Å². The second-order valence-corrected chi connectivity index (χ2v) is 4.19. The zero-order valence-electron chi connectivity index (χ0n) is 9.41. The summed E-state index contributed by atoms with van der Waals surface area (Å²) in [7, 11) is 0. The van der Waals surface area contributed by atoms with Crippen molar-refractivity contribution in [1.29, 1.82) is 0 Å². The van der Waals surface area contributed by atoms with Crippen molar-refractivity contribution in [1.82, 2.24) is 4.98 Å². The van der Waals surface area contributed by atoms with Gasteiger partial charge in [0.15, 0.2) is 6.10 Å². The average molecular weight is 245 g/mol. The first-order valence-electron chi connectivity index (χ1n) is 5.60. The van der Waals surface area contributed by atoms with Crippen molar-refractivity contribution in [2.45, 2.75) is 12.2 Å². The maximum absolute atomic E-state index is 11.7. The van der Waals surface area contributed by atoms with E-state index in [0.29, 0.717) is 11.3 Å². The first-order valence-corrected chi connectivity index (χ1v) is 5.60. The fraction of sp³-hybridized carbons (Fsp3) is 0.231. The number of nitrogens with zero attached hydrogens (tertiary/aromatic N) is 1. The lowest BCUT2D eigenvalue weighted by Crippen LogP contribution is -2.23. The summed E-state index contributed by atoms with van der Waals surface area (Å²) in [5, 5.41) is 19.4. The van der Waals surface area contributed by atoms with Gasteiger partial charge in [-0.3, -0.25) is 0 Å². The molecule has 2 heterocycles. The molecule has 0 spiro atoms. The van der Waals surface area contributed by atoms with E-state index >= 15 is 0 Å². The Labute approximate surface area is 103 Å². The van der Waals surface area contributed by atoms with Crippen LogP contribution in [0.25, 0.3) is 10.9 Å². The largest absolute Gasteiger partial charge is 0.449 e. The van der Waals surface area contributed by atoms with Gasteiger partial charge >= 0.3 is 5.97 Å². The van der Waals surface area contributed by atoms with E-state index < -0.39 is 24.8 Å². The number of carbonyl (C=O) groups is 1. The number of carbonyl (C=O) groups excluding carboxylic acids is 1. The Bertz CT molecular complexity index is 625. The first kappa shape index (κ1) is 11.1. The van der Waals surface area contributed by atoms with E-state index in [9.17, 15) is 9.90 Å². The molecular formula is C13H11NO4. The Balaban J connectivity index is 2.19. The van der Waals surface area contributed by atoms with Crippen LogP contribution in [0, 0.1) is 0 Å². The SMILES string of the molecule is O=C1OC(C(O)CO)c2nc3ccccc3cc21. The molecule has 2 atom stereocenters. The van der Waals surface area contributed by atoms with Gasteiger partial charge in [-0.2, -0.15) is 0 Å². The number of fused-ring (bicyclic) bond motifs is 2. The Hall–Kier alpha value is -1.98. The molecule has 0 saturated heterocycles. The lowest BCUT2D eigenvalue weighted by atomic mass is 10.1. The highest BCUT2D eigenvalue weighted by atomic mass is 16.6. The third-order valence-corrected chi connectivity index (χ3v) is 3.01. The number of para-hydroxylation sites is 1. The maximum Gasteiger partial charge on any atom is 0.340 e. The normalized spacial score (nSPS) is 19.7. The number of benzene rings is 1. The minimum atomic E-state index is -1.15. The Kier molecular flexibility index (Phi) is 2.50. The molecular weight excluding hydrogens is 234 g/mol. The fourth-order valence-corrected chi connectivity index (χ4v) is 2.10. The van der Waals surface area contributed by atoms with Crippen LogP contribution in [-0.2, 0) is 4.74 Å². The number of hydrogen-bond donors (Lipinski definition) is 2. The van der Waals surface area contributed by atoms with Crippen LogP contribution in [0.4, 0.5) is 0 Å². The van der Waals surface area contributed by atoms with Crippen LogP contribution < -0.4 is 0 Å². The van der Waals surface area contributed by atoms with Gasteiger partial charge < -0.3 is 14.9 Å². The minimum Gasteiger partial charge on any atom is -0.449 e. The predicted octanol–water partition coefficient (Wildman–Crippen LogP) is 0.799. The number of hydrogen-bond acceptors (Lipinski definition) is 5. The smallest absolute Gasteiger partial charge is 0.340 e. The molecule has 0 saturated carbocycles. The van der Waals surface area contributed by atoms with E-state index in [-0.39, 0.29) is 0 Å². The number of cyclic esters (lactones) is 1. The van der Waals surface area contributed by atoms with Gasteiger partial charge in [0.1, 0.15) is 6.10 Å². The molecule has 1 aliphatic rings. The summed E-state index contributed by atoms with van der Waals surface area (Å²) < 4.78 is 5.04. The van der Waals surface area contributed by atoms with Gasteiger partial charge in [-0.25, -0.2) is 9.78 Å². The molecule has 5 heteroatoms. The van der Waals surface area contributed by atoms with E-state index in [1.165, 1.54) is 0 Å². The second-order valence-electron chi connectivity index (χ2n) is 4.19. The Morgan fingerprint density at radius 3 is 2.94 bits per heavy atom. The molecule has 2 unspecified atom stereocenters. The number of aliphatic hydroxyl groups excluding tert-OH is 2. The second kappa shape index (κ2) is 4.04. The molecule has 18 heavy (non-hydrogen) atoms. The van der Waals surface area contributed by atoms with Crippen LogP contribution >= 0.6 is 0 Å². The zero-order chi connectivity index (χ0) is 12.7. The Morgan fingerprint density at radius 1 is 1.39 bits per heavy atom. The number of rotatable bonds is 2. The monoisotopic (exact) mass is 245 g/mol. The number of esters is 1. The fourth-order valence-electron chi connectivity index (χ4n) is 2.10. The lowest BCUT2D eigenvalue weighted by Gasteiger charge is -2.14. The van der Waals surface area contributed by atoms with Crippen molar-refractivity contribution in [3.63, 3.8) is 0 Å². The summed E-state index contributed by atoms with van der Waals surface area (Å²) in [4.78, 5) is 16.0. The van der Waals surface area contributed by atoms with E-state index in [2.05, 4.69) is 4.98 Å². The zero-order valence-corrected chi connectivity index (χ0v) is 9.41. The van der Waals surface area contributed by atoms with Crippen LogP contribution in [0.3, 0.4) is 0 Å². The average Bonchev–Trinajstić information content (AvgIpc) is 2.72. The van der Waals surface area contributed by atoms with Crippen molar-refractivity contribution in [3.8, 4) is 0 Å². The van der Waals surface area contributed by atoms with Gasteiger partial charge in [-0.1, -0.05) is 18.2 Å². The van der Waals surface area contributed by atoms with Gasteiger partial charge in [0.25, 0.3) is 0 Å². The van der Waals surface area contributed by atoms with Gasteiger partial charge in [0, 0.05) is 5.39 Å². The van der Waals surface area contributed by atoms with E-state index in [4.69, 9.17) is 9.84 Å². The predicted molar refractivity (Wildman–Crippen MR) is 63.0 cm³/mol. The van der Waals surface area contributed by atoms with Gasteiger partial charge in [0.2, 0.25) is 0 Å². The molecule has 2 N–H and O–H groups in total. The number of aromatic nitrogens is 1. The maximum atomic E-state index is 11.7. The van der Waals surface area contributed by atoms with Crippen LogP contribution in [0.5, 0.6) is 0 Å². The topological polar surface area (TPSA) is 79.7 Å². The molecule has 0 bridgehead atoms. The van der Waals surface area contributed by atoms with Crippen molar-refractivity contribution in [3.05, 3.63) is 41.6 Å². The summed E-state index contributed by atoms with van der Waals surface area (Å²) in [6, 6.07) is 9.07. The summed E-state index contributed by atoms with van der Waals surface area (Å²) >= 11 is 0. The molecule has 1 aromatic heterocycles. The molecule has 0 amide bonds. The molecule has 0 radical (unpaired) electrons. The molecule has 1 aromatic carbocycles. The van der Waals surface area contributed by atoms with Crippen LogP contribution in [0.1, 0.15) is 22.2 Å². The molecule has 1 aliphatic heterocycles. The summed E-state index contributed by atoms with van der Waals surface area (Å²) in [5.74, 6) is -0.513. The highest BCUT2D eigenvalue weighted by Crippen LogP contribution is 2.33. The summed E-state index contributed by atoms with van der Waals surface area (Å²) in [5.41, 5.74) is 1.47. The number of aliphatic hydroxyl groups is 2. The number of ether oxygens (including phenoxy) is 1. The van der Waals surface area contributed by atoms with E-state index in [0.717, 1.165) is 10.9 Å². The first-order chi connectivity index (χ1) is 8.70. The highest BCUT2D eigenvalue weighted by Gasteiger charge is 2.37. The lowest BCUT2D eigenvalue weighted by molar-refractivity contribution is -0.0306. The molecule has 5 nitrogen and oxygen atoms in total. The summed E-state index contributed by atoms with van der Waals surface area (Å²) in [6.07, 6.45) is -2.04. The molecule has 0 aliphatic carbocycles. The van der Waals surface area contributed by atoms with Crippen LogP contribution in [0.15, 0.2) is 30.3 Å². The quantitative estimate of drug-likeness (QED) is 0.765. The summed E-state index contributed by atoms with van der Waals surface area (Å²) in [6.45, 7) is -0.480. The van der Waals surface area contributed by atoms with Crippen molar-refractivity contribution >= 4 is 16.9 Å². The van der Waals surface area contributed by atoms with Gasteiger partial charge in [0.05, 0.1) is 23.4 Å². The van der Waals surface area contributed by atoms with E-state index in [1.807, 2.05) is 24.3 Å². The highest BCUT2D eigenvalue weighted by molar-refractivity contribution is 5.97. The third-order valence-electron chi connectivity index (χ3n) is 3.01. The van der Waals surface area contributed by atoms with Crippen molar-refractivity contribution in [2.24, 2.45) is 0 Å². The van der Waals surface area contributed by atoms with E-state index in [1.54, 1.807) is 6.07 Å². The molecule has 0 fully saturated rings. The number of pyridine rings is 1. The van der Waals surface area contributed by atoms with Crippen molar-refractivity contribution in [2.75, 3.05) is 6.61 Å². The van der Waals surface area contributed by atoms with Gasteiger partial charge in [-0.05, 0) is 12.1 Å².